The zero-order valence-corrected chi connectivity index (χ0v) is 19.8. The molecule has 6 nitrogen and oxygen atoms in total. The molecule has 29 heavy (non-hydrogen) atoms. The number of hydrogen-bond acceptors (Lipinski definition) is 3. The van der Waals surface area contributed by atoms with Crippen molar-refractivity contribution in [1.82, 2.24) is 10.2 Å². The lowest BCUT2D eigenvalue weighted by Crippen LogP contribution is -2.49. The molecule has 0 spiro atoms. The molecule has 0 aliphatic rings. The molecule has 1 rings (SSSR count). The van der Waals surface area contributed by atoms with E-state index < -0.39 is 32.2 Å². The number of carbonyl (C=O) groups excluding carboxylic acids is 1. The number of carbonyl (C=O) groups is 2. The molecule has 2 N–H and O–H groups in total. The van der Waals surface area contributed by atoms with Gasteiger partial charge in [0.15, 0.2) is 8.32 Å². The first-order valence-corrected chi connectivity index (χ1v) is 12.8. The number of hydrogen-bond donors (Lipinski definition) is 2. The van der Waals surface area contributed by atoms with Gasteiger partial charge in [0.2, 0.25) is 0 Å². The van der Waals surface area contributed by atoms with Crippen molar-refractivity contribution >= 4 is 31.9 Å². The molecule has 1 unspecified atom stereocenters. The number of nitrogens with zero attached hydrogens (tertiary/aromatic N) is 1. The highest BCUT2D eigenvalue weighted by Gasteiger charge is 2.38. The fourth-order valence-electron chi connectivity index (χ4n) is 2.35. The van der Waals surface area contributed by atoms with Gasteiger partial charge in [0.1, 0.15) is 5.82 Å². The van der Waals surface area contributed by atoms with Gasteiger partial charge in [-0.05, 0) is 36.2 Å². The van der Waals surface area contributed by atoms with Crippen LogP contribution in [-0.4, -0.2) is 50.0 Å². The zero-order valence-electron chi connectivity index (χ0n) is 18.0. The summed E-state index contributed by atoms with van der Waals surface area (Å²) in [5.41, 5.74) is 0.466. The van der Waals surface area contributed by atoms with Crippen LogP contribution in [0.1, 0.15) is 39.2 Å². The molecule has 0 radical (unpaired) electrons. The van der Waals surface area contributed by atoms with Gasteiger partial charge in [-0.3, -0.25) is 4.79 Å². The largest absolute Gasteiger partial charge is 0.481 e. The molecule has 0 aromatic heterocycles. The van der Waals surface area contributed by atoms with Crippen molar-refractivity contribution in [2.45, 2.75) is 64.3 Å². The van der Waals surface area contributed by atoms with E-state index >= 15 is 0 Å². The van der Waals surface area contributed by atoms with Crippen LogP contribution in [0.4, 0.5) is 9.18 Å². The first-order chi connectivity index (χ1) is 13.3. The van der Waals surface area contributed by atoms with E-state index in [9.17, 15) is 14.0 Å². The Balaban J connectivity index is 2.81. The summed E-state index contributed by atoms with van der Waals surface area (Å²) < 4.78 is 19.8. The lowest BCUT2D eigenvalue weighted by Gasteiger charge is -2.38. The highest BCUT2D eigenvalue weighted by molar-refractivity contribution is 6.74. The number of rotatable bonds is 9. The molecule has 0 fully saturated rings. The van der Waals surface area contributed by atoms with E-state index in [1.165, 1.54) is 17.0 Å². The Morgan fingerprint density at radius 3 is 2.52 bits per heavy atom. The molecule has 0 heterocycles. The van der Waals surface area contributed by atoms with E-state index in [1.807, 2.05) is 0 Å². The standard InChI is InChI=1S/C20H32ClFN2O4Si/c1-20(2,3)29(5,6)28-13-15(10-11-17(25)26)24(4)19(27)23-12-14-8-7-9-16(22)18(14)21/h7-9,15H,10-13H2,1-6H3,(H,23,27)(H,25,26). The lowest BCUT2D eigenvalue weighted by molar-refractivity contribution is -0.137. The number of likely N-dealkylation sites (N-methyl/N-ethyl adjacent to an activating group) is 1. The molecule has 0 aliphatic carbocycles. The molecule has 164 valence electrons. The van der Waals surface area contributed by atoms with Gasteiger partial charge in [-0.1, -0.05) is 44.5 Å². The summed E-state index contributed by atoms with van der Waals surface area (Å²) in [6, 6.07) is 3.60. The van der Waals surface area contributed by atoms with Crippen molar-refractivity contribution in [2.75, 3.05) is 13.7 Å². The van der Waals surface area contributed by atoms with Crippen LogP contribution < -0.4 is 5.32 Å². The normalized spacial score (nSPS) is 13.1. The first kappa shape index (κ1) is 25.4. The number of carboxylic acids is 1. The summed E-state index contributed by atoms with van der Waals surface area (Å²) in [5, 5.41) is 11.7. The van der Waals surface area contributed by atoms with Crippen molar-refractivity contribution < 1.29 is 23.5 Å². The third kappa shape index (κ3) is 7.60. The summed E-state index contributed by atoms with van der Waals surface area (Å²) in [7, 11) is -0.453. The zero-order chi connectivity index (χ0) is 22.4. The number of halogens is 2. The fourth-order valence-corrected chi connectivity index (χ4v) is 3.58. The van der Waals surface area contributed by atoms with Crippen LogP contribution in [-0.2, 0) is 15.8 Å². The number of benzene rings is 1. The Morgan fingerprint density at radius 2 is 1.97 bits per heavy atom. The maximum Gasteiger partial charge on any atom is 0.317 e. The van der Waals surface area contributed by atoms with Gasteiger partial charge in [0.25, 0.3) is 0 Å². The monoisotopic (exact) mass is 446 g/mol. The summed E-state index contributed by atoms with van der Waals surface area (Å²) in [6.07, 6.45) is 0.202. The minimum absolute atomic E-state index is 0.000685. The third-order valence-electron chi connectivity index (χ3n) is 5.46. The minimum atomic E-state index is -2.05. The summed E-state index contributed by atoms with van der Waals surface area (Å²) in [5.74, 6) is -1.48. The summed E-state index contributed by atoms with van der Waals surface area (Å²) in [6.45, 7) is 10.9. The number of aliphatic carboxylic acids is 1. The van der Waals surface area contributed by atoms with Gasteiger partial charge >= 0.3 is 12.0 Å². The molecular formula is C20H32ClFN2O4Si. The number of carboxylic acid groups (broad SMARTS) is 1. The molecule has 1 atom stereocenters. The van der Waals surface area contributed by atoms with Crippen LogP contribution in [0.5, 0.6) is 0 Å². The van der Waals surface area contributed by atoms with E-state index in [1.54, 1.807) is 13.1 Å². The van der Waals surface area contributed by atoms with Crippen LogP contribution in [0, 0.1) is 5.82 Å². The van der Waals surface area contributed by atoms with Gasteiger partial charge < -0.3 is 19.7 Å². The fraction of sp³-hybridized carbons (Fsp3) is 0.600. The minimum Gasteiger partial charge on any atom is -0.481 e. The van der Waals surface area contributed by atoms with E-state index in [0.29, 0.717) is 5.56 Å². The molecule has 2 amide bonds. The van der Waals surface area contributed by atoms with Gasteiger partial charge in [-0.2, -0.15) is 0 Å². The van der Waals surface area contributed by atoms with Gasteiger partial charge in [-0.25, -0.2) is 9.18 Å². The number of nitrogens with one attached hydrogen (secondary N) is 1. The molecule has 0 bridgehead atoms. The van der Waals surface area contributed by atoms with E-state index in [0.717, 1.165) is 0 Å². The molecule has 9 heteroatoms. The smallest absolute Gasteiger partial charge is 0.317 e. The van der Waals surface area contributed by atoms with Crippen molar-refractivity contribution in [3.8, 4) is 0 Å². The maximum atomic E-state index is 13.6. The third-order valence-corrected chi connectivity index (χ3v) is 10.4. The highest BCUT2D eigenvalue weighted by Crippen LogP contribution is 2.36. The maximum absolute atomic E-state index is 13.6. The molecular weight excluding hydrogens is 415 g/mol. The van der Waals surface area contributed by atoms with Crippen molar-refractivity contribution in [2.24, 2.45) is 0 Å². The molecule has 0 aliphatic heterocycles. The van der Waals surface area contributed by atoms with Crippen LogP contribution in [0.3, 0.4) is 0 Å². The van der Waals surface area contributed by atoms with Crippen molar-refractivity contribution in [3.63, 3.8) is 0 Å². The molecule has 1 aromatic rings. The second-order valence-corrected chi connectivity index (χ2v) is 13.8. The Hall–Kier alpha value is -1.64. The second kappa shape index (κ2) is 10.4. The van der Waals surface area contributed by atoms with Crippen molar-refractivity contribution in [3.05, 3.63) is 34.6 Å². The van der Waals surface area contributed by atoms with Crippen LogP contribution >= 0.6 is 11.6 Å². The number of amides is 2. The van der Waals surface area contributed by atoms with Crippen LogP contribution in [0.25, 0.3) is 0 Å². The average molecular weight is 447 g/mol. The first-order valence-electron chi connectivity index (χ1n) is 9.55. The molecule has 0 saturated heterocycles. The van der Waals surface area contributed by atoms with Gasteiger partial charge in [-0.15, -0.1) is 0 Å². The lowest BCUT2D eigenvalue weighted by atomic mass is 10.1. The topological polar surface area (TPSA) is 78.9 Å². The van der Waals surface area contributed by atoms with Gasteiger partial charge in [0.05, 0.1) is 17.7 Å². The SMILES string of the molecule is CN(C(=O)NCc1cccc(F)c1Cl)C(CCC(=O)O)CO[Si](C)(C)C(C)(C)C. The van der Waals surface area contributed by atoms with Crippen LogP contribution in [0.15, 0.2) is 18.2 Å². The van der Waals surface area contributed by atoms with Gasteiger partial charge in [0, 0.05) is 20.0 Å². The summed E-state index contributed by atoms with van der Waals surface area (Å²) in [4.78, 5) is 25.1. The Kier molecular flexibility index (Phi) is 9.11. The predicted octanol–water partition coefficient (Wildman–Crippen LogP) is 4.88. The Bertz CT molecular complexity index is 725. The van der Waals surface area contributed by atoms with E-state index in [2.05, 4.69) is 39.2 Å². The average Bonchev–Trinajstić information content (AvgIpc) is 2.61. The predicted molar refractivity (Wildman–Crippen MR) is 115 cm³/mol. The molecule has 1 aromatic carbocycles. The van der Waals surface area contributed by atoms with Crippen LogP contribution in [0.2, 0.25) is 23.2 Å². The Morgan fingerprint density at radius 1 is 1.34 bits per heavy atom. The van der Waals surface area contributed by atoms with E-state index in [-0.39, 0.29) is 36.1 Å². The second-order valence-electron chi connectivity index (χ2n) is 8.64. The highest BCUT2D eigenvalue weighted by atomic mass is 35.5. The Labute approximate surface area is 178 Å². The quantitative estimate of drug-likeness (QED) is 0.530. The van der Waals surface area contributed by atoms with E-state index in [4.69, 9.17) is 21.1 Å². The molecule has 0 saturated carbocycles. The number of urea groups is 1. The summed E-state index contributed by atoms with van der Waals surface area (Å²) >= 11 is 5.93. The van der Waals surface area contributed by atoms with Crippen molar-refractivity contribution in [1.29, 1.82) is 0 Å².